The van der Waals surface area contributed by atoms with Crippen LogP contribution in [0.4, 0.5) is 20.6 Å². The third-order valence-corrected chi connectivity index (χ3v) is 6.11. The summed E-state index contributed by atoms with van der Waals surface area (Å²) in [7, 11) is 0. The fourth-order valence-corrected chi connectivity index (χ4v) is 4.22. The van der Waals surface area contributed by atoms with E-state index in [0.29, 0.717) is 44.0 Å². The smallest absolute Gasteiger partial charge is 0.317 e. The van der Waals surface area contributed by atoms with E-state index in [4.69, 9.17) is 0 Å². The van der Waals surface area contributed by atoms with Crippen LogP contribution in [0.25, 0.3) is 0 Å². The van der Waals surface area contributed by atoms with Crippen LogP contribution in [0.3, 0.4) is 0 Å². The van der Waals surface area contributed by atoms with Crippen LogP contribution in [0, 0.1) is 5.82 Å². The molecule has 2 amide bonds. The monoisotopic (exact) mass is 424 g/mol. The van der Waals surface area contributed by atoms with Crippen molar-refractivity contribution in [2.75, 3.05) is 49.1 Å². The van der Waals surface area contributed by atoms with Crippen molar-refractivity contribution < 1.29 is 14.0 Å². The van der Waals surface area contributed by atoms with Crippen molar-refractivity contribution in [2.24, 2.45) is 0 Å². The van der Waals surface area contributed by atoms with Crippen LogP contribution in [0.15, 0.2) is 42.5 Å². The summed E-state index contributed by atoms with van der Waals surface area (Å²) in [5.74, 6) is -0.555. The number of carbonyl (C=O) groups is 2. The summed E-state index contributed by atoms with van der Waals surface area (Å²) in [5.41, 5.74) is 3.16. The molecule has 0 aliphatic carbocycles. The number of nitrogens with zero attached hydrogens (tertiary/aromatic N) is 3. The van der Waals surface area contributed by atoms with Gasteiger partial charge in [-0.1, -0.05) is 12.1 Å². The molecule has 0 saturated carbocycles. The number of piperazine rings is 1. The molecule has 7 heteroatoms. The lowest BCUT2D eigenvalue weighted by Crippen LogP contribution is -2.51. The van der Waals surface area contributed by atoms with Gasteiger partial charge in [-0.25, -0.2) is 9.18 Å². The van der Waals surface area contributed by atoms with E-state index < -0.39 is 5.82 Å². The first-order valence-corrected chi connectivity index (χ1v) is 10.9. The average Bonchev–Trinajstić information content (AvgIpc) is 3.33. The minimum absolute atomic E-state index is 0.101. The van der Waals surface area contributed by atoms with Gasteiger partial charge < -0.3 is 20.0 Å². The highest BCUT2D eigenvalue weighted by Gasteiger charge is 2.23. The molecule has 164 valence electrons. The highest BCUT2D eigenvalue weighted by atomic mass is 19.1. The number of amides is 2. The Kier molecular flexibility index (Phi) is 6.39. The van der Waals surface area contributed by atoms with Crippen LogP contribution in [-0.4, -0.2) is 56.0 Å². The van der Waals surface area contributed by atoms with Gasteiger partial charge >= 0.3 is 6.03 Å². The predicted octanol–water partition coefficient (Wildman–Crippen LogP) is 3.66. The number of hydrogen-bond donors (Lipinski definition) is 1. The van der Waals surface area contributed by atoms with Crippen LogP contribution in [0.2, 0.25) is 0 Å². The molecule has 0 aromatic heterocycles. The minimum atomic E-state index is -0.400. The molecule has 2 aliphatic heterocycles. The van der Waals surface area contributed by atoms with Crippen molar-refractivity contribution in [3.05, 3.63) is 59.4 Å². The fraction of sp³-hybridized carbons (Fsp3) is 0.417. The molecule has 6 nitrogen and oxygen atoms in total. The van der Waals surface area contributed by atoms with Crippen LogP contribution in [-0.2, 0) is 6.54 Å². The van der Waals surface area contributed by atoms with Crippen molar-refractivity contribution in [2.45, 2.75) is 26.3 Å². The normalized spacial score (nSPS) is 16.5. The minimum Gasteiger partial charge on any atom is -0.372 e. The van der Waals surface area contributed by atoms with Crippen molar-refractivity contribution in [1.29, 1.82) is 0 Å². The van der Waals surface area contributed by atoms with Crippen molar-refractivity contribution in [1.82, 2.24) is 10.2 Å². The highest BCUT2D eigenvalue weighted by molar-refractivity contribution is 5.94. The summed E-state index contributed by atoms with van der Waals surface area (Å²) < 4.78 is 14.4. The van der Waals surface area contributed by atoms with E-state index in [2.05, 4.69) is 34.5 Å². The second-order valence-corrected chi connectivity index (χ2v) is 8.22. The number of halogens is 1. The number of anilines is 2. The van der Waals surface area contributed by atoms with E-state index in [1.165, 1.54) is 31.5 Å². The largest absolute Gasteiger partial charge is 0.372 e. The first-order chi connectivity index (χ1) is 15.0. The Hall–Kier alpha value is -3.09. The molecule has 0 radical (unpaired) electrons. The molecule has 2 aromatic carbocycles. The second-order valence-electron chi connectivity index (χ2n) is 8.22. The Bertz CT molecular complexity index is 933. The fourth-order valence-electron chi connectivity index (χ4n) is 4.22. The topological polar surface area (TPSA) is 55.9 Å². The van der Waals surface area contributed by atoms with Gasteiger partial charge in [0.2, 0.25) is 0 Å². The molecule has 2 heterocycles. The number of rotatable bonds is 5. The number of Topliss-reactive ketones (excluding diaryl/α,β-unsaturated/α-hetero) is 1. The zero-order chi connectivity index (χ0) is 21.8. The van der Waals surface area contributed by atoms with E-state index in [1.54, 1.807) is 17.0 Å². The highest BCUT2D eigenvalue weighted by Crippen LogP contribution is 2.23. The molecule has 4 rings (SSSR count). The Morgan fingerprint density at radius 1 is 0.903 bits per heavy atom. The van der Waals surface area contributed by atoms with Gasteiger partial charge in [-0.3, -0.25) is 4.79 Å². The molecule has 2 aliphatic rings. The third kappa shape index (κ3) is 4.98. The summed E-state index contributed by atoms with van der Waals surface area (Å²) in [5, 5.41) is 2.99. The maximum absolute atomic E-state index is 14.4. The number of ketones is 1. The summed E-state index contributed by atoms with van der Waals surface area (Å²) in [4.78, 5) is 30.0. The van der Waals surface area contributed by atoms with Crippen LogP contribution in [0.1, 0.15) is 35.7 Å². The van der Waals surface area contributed by atoms with Gasteiger partial charge in [0.25, 0.3) is 0 Å². The van der Waals surface area contributed by atoms with E-state index in [-0.39, 0.29) is 11.8 Å². The number of nitrogens with one attached hydrogen (secondary N) is 1. The molecule has 2 fully saturated rings. The summed E-state index contributed by atoms with van der Waals surface area (Å²) >= 11 is 0. The molecule has 2 saturated heterocycles. The van der Waals surface area contributed by atoms with Gasteiger partial charge in [-0.2, -0.15) is 0 Å². The Morgan fingerprint density at radius 3 is 2.19 bits per heavy atom. The third-order valence-electron chi connectivity index (χ3n) is 6.11. The molecule has 2 aromatic rings. The maximum Gasteiger partial charge on any atom is 0.317 e. The summed E-state index contributed by atoms with van der Waals surface area (Å²) in [6.45, 7) is 6.29. The second kappa shape index (κ2) is 9.37. The molecule has 0 bridgehead atoms. The van der Waals surface area contributed by atoms with E-state index in [0.717, 1.165) is 18.7 Å². The van der Waals surface area contributed by atoms with E-state index >= 15 is 0 Å². The van der Waals surface area contributed by atoms with Gasteiger partial charge in [0.1, 0.15) is 5.82 Å². The van der Waals surface area contributed by atoms with Gasteiger partial charge in [0.05, 0.1) is 5.69 Å². The molecule has 1 N–H and O–H groups in total. The van der Waals surface area contributed by atoms with E-state index in [1.807, 2.05) is 4.90 Å². The summed E-state index contributed by atoms with van der Waals surface area (Å²) in [6, 6.07) is 12.9. The molecular weight excluding hydrogens is 395 g/mol. The van der Waals surface area contributed by atoms with Gasteiger partial charge in [0.15, 0.2) is 5.78 Å². The average molecular weight is 425 g/mol. The first kappa shape index (κ1) is 21.2. The quantitative estimate of drug-likeness (QED) is 0.745. The number of hydrogen-bond acceptors (Lipinski definition) is 4. The molecule has 31 heavy (non-hydrogen) atoms. The molecule has 0 spiro atoms. The lowest BCUT2D eigenvalue weighted by Gasteiger charge is -2.36. The Labute approximate surface area is 182 Å². The Balaban J connectivity index is 1.26. The number of carbonyl (C=O) groups excluding carboxylic acids is 2. The van der Waals surface area contributed by atoms with Crippen LogP contribution < -0.4 is 15.1 Å². The zero-order valence-electron chi connectivity index (χ0n) is 17.9. The van der Waals surface area contributed by atoms with E-state index in [9.17, 15) is 14.0 Å². The van der Waals surface area contributed by atoms with Gasteiger partial charge in [-0.15, -0.1) is 0 Å². The lowest BCUT2D eigenvalue weighted by atomic mass is 10.1. The van der Waals surface area contributed by atoms with Gasteiger partial charge in [0, 0.05) is 57.1 Å². The zero-order valence-corrected chi connectivity index (χ0v) is 17.9. The van der Waals surface area contributed by atoms with Gasteiger partial charge in [-0.05, 0) is 55.7 Å². The standard InChI is InChI=1S/C24H29FN4O2/c1-18(30)20-6-9-23(22(25)16-20)28-12-14-29(15-13-28)24(31)26-17-19-4-7-21(8-5-19)27-10-2-3-11-27/h4-9,16H,2-3,10-15,17H2,1H3,(H,26,31). The van der Waals surface area contributed by atoms with Crippen molar-refractivity contribution in [3.8, 4) is 0 Å². The lowest BCUT2D eigenvalue weighted by molar-refractivity contribution is 0.101. The molecular formula is C24H29FN4O2. The van der Waals surface area contributed by atoms with Crippen LogP contribution >= 0.6 is 0 Å². The van der Waals surface area contributed by atoms with Crippen LogP contribution in [0.5, 0.6) is 0 Å². The number of benzene rings is 2. The Morgan fingerprint density at radius 2 is 1.58 bits per heavy atom. The SMILES string of the molecule is CC(=O)c1ccc(N2CCN(C(=O)NCc3ccc(N4CCCC4)cc3)CC2)c(F)c1. The summed E-state index contributed by atoms with van der Waals surface area (Å²) in [6.07, 6.45) is 2.50. The maximum atomic E-state index is 14.4. The van der Waals surface area contributed by atoms with Crippen molar-refractivity contribution >= 4 is 23.2 Å². The molecule has 0 unspecified atom stereocenters. The first-order valence-electron chi connectivity index (χ1n) is 10.9. The predicted molar refractivity (Wildman–Crippen MR) is 120 cm³/mol. The number of urea groups is 1. The molecule has 0 atom stereocenters. The van der Waals surface area contributed by atoms with Crippen molar-refractivity contribution in [3.63, 3.8) is 0 Å².